The van der Waals surface area contributed by atoms with Crippen LogP contribution in [0.4, 0.5) is 0 Å². The van der Waals surface area contributed by atoms with Crippen molar-refractivity contribution in [2.45, 2.75) is 26.4 Å². The summed E-state index contributed by atoms with van der Waals surface area (Å²) in [6, 6.07) is 0. The van der Waals surface area contributed by atoms with Gasteiger partial charge < -0.3 is 5.11 Å². The van der Waals surface area contributed by atoms with Crippen molar-refractivity contribution < 1.29 is 5.11 Å². The first-order chi connectivity index (χ1) is 5.20. The average molecular weight is 171 g/mol. The lowest BCUT2D eigenvalue weighted by Gasteiger charge is -2.11. The minimum absolute atomic E-state index is 0.237. The summed E-state index contributed by atoms with van der Waals surface area (Å²) in [5, 5.41) is 12.3. The van der Waals surface area contributed by atoms with E-state index in [2.05, 4.69) is 4.98 Å². The lowest BCUT2D eigenvalue weighted by atomic mass is 10.0. The van der Waals surface area contributed by atoms with Gasteiger partial charge in [0.25, 0.3) is 0 Å². The van der Waals surface area contributed by atoms with E-state index in [1.165, 1.54) is 0 Å². The lowest BCUT2D eigenvalue weighted by Crippen LogP contribution is -2.15. The van der Waals surface area contributed by atoms with Gasteiger partial charge in [-0.3, -0.25) is 0 Å². The quantitative estimate of drug-likeness (QED) is 0.751. The van der Waals surface area contributed by atoms with Crippen molar-refractivity contribution >= 4 is 11.3 Å². The number of thiazole rings is 1. The van der Waals surface area contributed by atoms with Crippen LogP contribution in [0.5, 0.6) is 0 Å². The molecule has 0 aliphatic heterocycles. The minimum Gasteiger partial charge on any atom is -0.393 e. The Bertz CT molecular complexity index is 196. The van der Waals surface area contributed by atoms with Gasteiger partial charge in [0.1, 0.15) is 0 Å². The van der Waals surface area contributed by atoms with Crippen molar-refractivity contribution in [2.24, 2.45) is 5.92 Å². The maximum Gasteiger partial charge on any atom is 0.0928 e. The van der Waals surface area contributed by atoms with Crippen molar-refractivity contribution in [1.29, 1.82) is 0 Å². The number of hydrogen-bond donors (Lipinski definition) is 1. The van der Waals surface area contributed by atoms with Crippen molar-refractivity contribution in [2.75, 3.05) is 0 Å². The van der Waals surface area contributed by atoms with Crippen LogP contribution in [0.2, 0.25) is 0 Å². The molecule has 2 atom stereocenters. The number of aromatic nitrogens is 1. The molecule has 0 aromatic carbocycles. The van der Waals surface area contributed by atoms with Gasteiger partial charge in [-0.15, -0.1) is 11.3 Å². The van der Waals surface area contributed by atoms with E-state index in [0.29, 0.717) is 5.92 Å². The van der Waals surface area contributed by atoms with E-state index in [0.717, 1.165) is 11.4 Å². The molecule has 1 aromatic heterocycles. The van der Waals surface area contributed by atoms with Crippen LogP contribution >= 0.6 is 11.3 Å². The van der Waals surface area contributed by atoms with Crippen LogP contribution in [-0.4, -0.2) is 16.2 Å². The molecular weight excluding hydrogens is 158 g/mol. The number of nitrogens with zero attached hydrogens (tertiary/aromatic N) is 1. The first-order valence-electron chi connectivity index (χ1n) is 3.76. The summed E-state index contributed by atoms with van der Waals surface area (Å²) in [7, 11) is 0. The average Bonchev–Trinajstić information content (AvgIpc) is 2.39. The van der Waals surface area contributed by atoms with Crippen molar-refractivity contribution in [3.63, 3.8) is 0 Å². The highest BCUT2D eigenvalue weighted by atomic mass is 32.1. The molecule has 0 aliphatic rings. The van der Waals surface area contributed by atoms with Crippen molar-refractivity contribution in [3.05, 3.63) is 16.6 Å². The van der Waals surface area contributed by atoms with Gasteiger partial charge >= 0.3 is 0 Å². The number of aliphatic hydroxyl groups is 1. The SMILES string of the molecule is CC(O)C(C)Cc1nccs1. The van der Waals surface area contributed by atoms with E-state index < -0.39 is 0 Å². The summed E-state index contributed by atoms with van der Waals surface area (Å²) in [6.07, 6.45) is 2.45. The summed E-state index contributed by atoms with van der Waals surface area (Å²) in [6.45, 7) is 3.85. The Morgan fingerprint density at radius 3 is 2.82 bits per heavy atom. The molecule has 62 valence electrons. The summed E-state index contributed by atoms with van der Waals surface area (Å²) in [4.78, 5) is 4.15. The number of aliphatic hydroxyl groups excluding tert-OH is 1. The van der Waals surface area contributed by atoms with E-state index in [-0.39, 0.29) is 6.10 Å². The second-order valence-electron chi connectivity index (χ2n) is 2.85. The first kappa shape index (κ1) is 8.68. The zero-order valence-electron chi connectivity index (χ0n) is 6.82. The summed E-state index contributed by atoms with van der Waals surface area (Å²) in [5.74, 6) is 0.307. The van der Waals surface area contributed by atoms with Crippen LogP contribution in [-0.2, 0) is 6.42 Å². The van der Waals surface area contributed by atoms with Crippen molar-refractivity contribution in [3.8, 4) is 0 Å². The molecule has 1 rings (SSSR count). The van der Waals surface area contributed by atoms with Crippen LogP contribution in [0.25, 0.3) is 0 Å². The fourth-order valence-corrected chi connectivity index (χ4v) is 1.56. The second-order valence-corrected chi connectivity index (χ2v) is 3.83. The first-order valence-corrected chi connectivity index (χ1v) is 4.64. The fourth-order valence-electron chi connectivity index (χ4n) is 0.800. The van der Waals surface area contributed by atoms with Gasteiger partial charge in [0.15, 0.2) is 0 Å². The van der Waals surface area contributed by atoms with Gasteiger partial charge in [-0.25, -0.2) is 4.98 Å². The molecule has 0 amide bonds. The third kappa shape index (κ3) is 2.60. The molecule has 1 aromatic rings. The third-order valence-electron chi connectivity index (χ3n) is 1.80. The third-order valence-corrected chi connectivity index (χ3v) is 2.61. The largest absolute Gasteiger partial charge is 0.393 e. The molecule has 0 bridgehead atoms. The molecular formula is C8H13NOS. The Balaban J connectivity index is 2.43. The molecule has 0 aliphatic carbocycles. The smallest absolute Gasteiger partial charge is 0.0928 e. The van der Waals surface area contributed by atoms with Crippen LogP contribution in [0, 0.1) is 5.92 Å². The number of hydrogen-bond acceptors (Lipinski definition) is 3. The Morgan fingerprint density at radius 1 is 1.64 bits per heavy atom. The van der Waals surface area contributed by atoms with Gasteiger partial charge in [0.2, 0.25) is 0 Å². The zero-order chi connectivity index (χ0) is 8.27. The molecule has 2 nitrogen and oxygen atoms in total. The molecule has 0 saturated carbocycles. The molecule has 1 heterocycles. The summed E-state index contributed by atoms with van der Waals surface area (Å²) in [5.41, 5.74) is 0. The van der Waals surface area contributed by atoms with Crippen LogP contribution in [0.1, 0.15) is 18.9 Å². The van der Waals surface area contributed by atoms with Crippen LogP contribution in [0.15, 0.2) is 11.6 Å². The summed E-state index contributed by atoms with van der Waals surface area (Å²) < 4.78 is 0. The highest BCUT2D eigenvalue weighted by Gasteiger charge is 2.10. The summed E-state index contributed by atoms with van der Waals surface area (Å²) >= 11 is 1.65. The maximum atomic E-state index is 9.20. The Labute approximate surface area is 70.9 Å². The van der Waals surface area contributed by atoms with E-state index >= 15 is 0 Å². The highest BCUT2D eigenvalue weighted by molar-refractivity contribution is 7.09. The van der Waals surface area contributed by atoms with Gasteiger partial charge in [0, 0.05) is 18.0 Å². The van der Waals surface area contributed by atoms with Gasteiger partial charge in [-0.2, -0.15) is 0 Å². The van der Waals surface area contributed by atoms with Crippen LogP contribution in [0.3, 0.4) is 0 Å². The lowest BCUT2D eigenvalue weighted by molar-refractivity contribution is 0.135. The number of rotatable bonds is 3. The molecule has 1 N–H and O–H groups in total. The van der Waals surface area contributed by atoms with Gasteiger partial charge in [-0.1, -0.05) is 6.92 Å². The van der Waals surface area contributed by atoms with E-state index in [1.807, 2.05) is 19.2 Å². The normalized spacial score (nSPS) is 16.3. The second kappa shape index (κ2) is 3.83. The molecule has 0 spiro atoms. The standard InChI is InChI=1S/C8H13NOS/c1-6(7(2)10)5-8-9-3-4-11-8/h3-4,6-7,10H,5H2,1-2H3. The van der Waals surface area contributed by atoms with E-state index in [9.17, 15) is 5.11 Å². The highest BCUT2D eigenvalue weighted by Crippen LogP contribution is 2.13. The monoisotopic (exact) mass is 171 g/mol. The molecule has 0 fully saturated rings. The van der Waals surface area contributed by atoms with E-state index in [1.54, 1.807) is 17.5 Å². The Hall–Kier alpha value is -0.410. The topological polar surface area (TPSA) is 33.1 Å². The predicted octanol–water partition coefficient (Wildman–Crippen LogP) is 1.70. The van der Waals surface area contributed by atoms with Gasteiger partial charge in [0.05, 0.1) is 11.1 Å². The minimum atomic E-state index is -0.237. The molecule has 3 heteroatoms. The zero-order valence-corrected chi connectivity index (χ0v) is 7.64. The van der Waals surface area contributed by atoms with Gasteiger partial charge in [-0.05, 0) is 12.8 Å². The molecule has 0 radical (unpaired) electrons. The van der Waals surface area contributed by atoms with Crippen LogP contribution < -0.4 is 0 Å². The Kier molecular flexibility index (Phi) is 3.02. The molecule has 11 heavy (non-hydrogen) atoms. The van der Waals surface area contributed by atoms with Crippen molar-refractivity contribution in [1.82, 2.24) is 4.98 Å². The Morgan fingerprint density at radius 2 is 2.36 bits per heavy atom. The predicted molar refractivity (Wildman–Crippen MR) is 46.7 cm³/mol. The van der Waals surface area contributed by atoms with E-state index in [4.69, 9.17) is 0 Å². The maximum absolute atomic E-state index is 9.20. The molecule has 0 saturated heterocycles. The fraction of sp³-hybridized carbons (Fsp3) is 0.625. The molecule has 2 unspecified atom stereocenters.